The Bertz CT molecular complexity index is 907. The van der Waals surface area contributed by atoms with E-state index in [0.29, 0.717) is 6.42 Å². The van der Waals surface area contributed by atoms with Crippen LogP contribution in [0.4, 0.5) is 5.69 Å². The molecule has 0 bridgehead atoms. The Balaban J connectivity index is 1.93. The third-order valence-corrected chi connectivity index (χ3v) is 5.06. The van der Waals surface area contributed by atoms with Crippen LogP contribution in [0.2, 0.25) is 0 Å². The smallest absolute Gasteiger partial charge is 0.119 e. The maximum Gasteiger partial charge on any atom is 0.119 e. The number of hydrogen-bond donors (Lipinski definition) is 1. The highest BCUT2D eigenvalue weighted by Gasteiger charge is 2.26. The van der Waals surface area contributed by atoms with E-state index >= 15 is 0 Å². The maximum atomic E-state index is 9.92. The number of methoxy groups -OCH3 is 1. The molecule has 1 aromatic heterocycles. The number of halogens is 1. The standard InChI is InChI=1S/C22H20BrN3O/c1-27-19-11-9-18(10-12-19)26-21(20-8-5-13-25-22(20)23)17(15-24)14-16-6-3-2-4-7-16/h2-13,17,21,26H,14H2,1H3/t17-,21-/m0/s1. The van der Waals surface area contributed by atoms with Gasteiger partial charge in [0.1, 0.15) is 10.4 Å². The summed E-state index contributed by atoms with van der Waals surface area (Å²) in [5, 5.41) is 13.4. The molecule has 3 aromatic rings. The van der Waals surface area contributed by atoms with Crippen molar-refractivity contribution in [2.24, 2.45) is 5.92 Å². The van der Waals surface area contributed by atoms with Crippen molar-refractivity contribution in [1.82, 2.24) is 4.98 Å². The van der Waals surface area contributed by atoms with Gasteiger partial charge < -0.3 is 10.1 Å². The number of aromatic nitrogens is 1. The summed E-state index contributed by atoms with van der Waals surface area (Å²) in [6.45, 7) is 0. The molecule has 2 atom stereocenters. The minimum Gasteiger partial charge on any atom is -0.497 e. The average molecular weight is 422 g/mol. The van der Waals surface area contributed by atoms with Gasteiger partial charge in [-0.1, -0.05) is 36.4 Å². The van der Waals surface area contributed by atoms with E-state index in [1.807, 2.05) is 66.7 Å². The summed E-state index contributed by atoms with van der Waals surface area (Å²) in [5.74, 6) is 0.524. The first-order valence-electron chi connectivity index (χ1n) is 8.66. The number of benzene rings is 2. The van der Waals surface area contributed by atoms with E-state index < -0.39 is 0 Å². The predicted octanol–water partition coefficient (Wildman–Crippen LogP) is 5.39. The van der Waals surface area contributed by atoms with Crippen LogP contribution in [0.25, 0.3) is 0 Å². The highest BCUT2D eigenvalue weighted by Crippen LogP contribution is 2.33. The van der Waals surface area contributed by atoms with Crippen molar-refractivity contribution in [2.75, 3.05) is 12.4 Å². The Labute approximate surface area is 168 Å². The van der Waals surface area contributed by atoms with E-state index in [9.17, 15) is 5.26 Å². The molecular weight excluding hydrogens is 402 g/mol. The van der Waals surface area contributed by atoms with Crippen molar-refractivity contribution in [3.05, 3.63) is 88.7 Å². The molecule has 0 aliphatic carbocycles. The van der Waals surface area contributed by atoms with Crippen molar-refractivity contribution >= 4 is 21.6 Å². The van der Waals surface area contributed by atoms with Crippen molar-refractivity contribution in [1.29, 1.82) is 5.26 Å². The van der Waals surface area contributed by atoms with Crippen molar-refractivity contribution in [3.63, 3.8) is 0 Å². The Morgan fingerprint density at radius 2 is 1.81 bits per heavy atom. The van der Waals surface area contributed by atoms with Crippen LogP contribution in [-0.4, -0.2) is 12.1 Å². The van der Waals surface area contributed by atoms with Crippen LogP contribution in [-0.2, 0) is 6.42 Å². The first-order chi connectivity index (χ1) is 13.2. The van der Waals surface area contributed by atoms with Gasteiger partial charge >= 0.3 is 0 Å². The highest BCUT2D eigenvalue weighted by molar-refractivity contribution is 9.10. The van der Waals surface area contributed by atoms with Gasteiger partial charge in [-0.05, 0) is 58.2 Å². The minimum absolute atomic E-state index is 0.216. The first kappa shape index (κ1) is 18.9. The third kappa shape index (κ3) is 4.87. The van der Waals surface area contributed by atoms with Crippen molar-refractivity contribution in [2.45, 2.75) is 12.5 Å². The molecule has 0 unspecified atom stereocenters. The maximum absolute atomic E-state index is 9.92. The Morgan fingerprint density at radius 3 is 2.44 bits per heavy atom. The Morgan fingerprint density at radius 1 is 1.07 bits per heavy atom. The zero-order chi connectivity index (χ0) is 19.1. The molecule has 0 spiro atoms. The molecule has 0 radical (unpaired) electrons. The summed E-state index contributed by atoms with van der Waals surface area (Å²) in [7, 11) is 1.64. The molecule has 4 nitrogen and oxygen atoms in total. The Hall–Kier alpha value is -2.84. The molecule has 1 N–H and O–H groups in total. The van der Waals surface area contributed by atoms with Crippen LogP contribution in [0.15, 0.2) is 77.5 Å². The summed E-state index contributed by atoms with van der Waals surface area (Å²) in [6, 6.07) is 23.9. The number of anilines is 1. The van der Waals surface area contributed by atoms with Gasteiger partial charge in [0, 0.05) is 17.4 Å². The zero-order valence-corrected chi connectivity index (χ0v) is 16.6. The predicted molar refractivity (Wildman–Crippen MR) is 111 cm³/mol. The van der Waals surface area contributed by atoms with E-state index in [1.165, 1.54) is 0 Å². The lowest BCUT2D eigenvalue weighted by Gasteiger charge is -2.26. The molecule has 3 rings (SSSR count). The van der Waals surface area contributed by atoms with Gasteiger partial charge in [0.05, 0.1) is 25.1 Å². The number of nitrogens with one attached hydrogen (secondary N) is 1. The first-order valence-corrected chi connectivity index (χ1v) is 9.45. The van der Waals surface area contributed by atoms with Gasteiger partial charge in [0.2, 0.25) is 0 Å². The van der Waals surface area contributed by atoms with E-state index in [2.05, 4.69) is 32.3 Å². The topological polar surface area (TPSA) is 57.9 Å². The summed E-state index contributed by atoms with van der Waals surface area (Å²) in [6.07, 6.45) is 2.38. The van der Waals surface area contributed by atoms with Gasteiger partial charge in [-0.25, -0.2) is 4.98 Å². The second-order valence-electron chi connectivity index (χ2n) is 6.16. The monoisotopic (exact) mass is 421 g/mol. The summed E-state index contributed by atoms with van der Waals surface area (Å²) in [5.41, 5.74) is 3.01. The third-order valence-electron chi connectivity index (χ3n) is 4.40. The van der Waals surface area contributed by atoms with Gasteiger partial charge in [-0.15, -0.1) is 0 Å². The van der Waals surface area contributed by atoms with Crippen LogP contribution < -0.4 is 10.1 Å². The van der Waals surface area contributed by atoms with Gasteiger partial charge in [-0.3, -0.25) is 0 Å². The van der Waals surface area contributed by atoms with E-state index in [0.717, 1.165) is 27.2 Å². The molecule has 0 aliphatic rings. The van der Waals surface area contributed by atoms with Gasteiger partial charge in [-0.2, -0.15) is 5.26 Å². The van der Waals surface area contributed by atoms with Crippen LogP contribution in [0.1, 0.15) is 17.2 Å². The zero-order valence-electron chi connectivity index (χ0n) is 15.0. The molecular formula is C22H20BrN3O. The molecule has 5 heteroatoms. The number of ether oxygens (including phenoxy) is 1. The van der Waals surface area contributed by atoms with Crippen molar-refractivity contribution < 1.29 is 4.74 Å². The fraction of sp³-hybridized carbons (Fsp3) is 0.182. The van der Waals surface area contributed by atoms with Gasteiger partial charge in [0.15, 0.2) is 0 Å². The second-order valence-corrected chi connectivity index (χ2v) is 6.91. The number of nitriles is 1. The minimum atomic E-state index is -0.269. The molecule has 0 aliphatic heterocycles. The molecule has 2 aromatic carbocycles. The number of rotatable bonds is 7. The number of pyridine rings is 1. The molecule has 0 amide bonds. The number of hydrogen-bond acceptors (Lipinski definition) is 4. The van der Waals surface area contributed by atoms with Gasteiger partial charge in [0.25, 0.3) is 0 Å². The fourth-order valence-corrected chi connectivity index (χ4v) is 3.50. The fourth-order valence-electron chi connectivity index (χ4n) is 3.00. The van der Waals surface area contributed by atoms with Crippen LogP contribution in [0.3, 0.4) is 0 Å². The molecule has 136 valence electrons. The SMILES string of the molecule is COc1ccc(N[C@H](c2cccnc2Br)[C@H](C#N)Cc2ccccc2)cc1. The van der Waals surface area contributed by atoms with E-state index in [1.54, 1.807) is 13.3 Å². The number of nitrogens with zero attached hydrogens (tertiary/aromatic N) is 2. The lowest BCUT2D eigenvalue weighted by molar-refractivity contribution is 0.415. The van der Waals surface area contributed by atoms with Crippen LogP contribution >= 0.6 is 15.9 Å². The molecule has 0 saturated heterocycles. The Kier molecular flexibility index (Phi) is 6.45. The largest absolute Gasteiger partial charge is 0.497 e. The van der Waals surface area contributed by atoms with Crippen LogP contribution in [0.5, 0.6) is 5.75 Å². The molecule has 27 heavy (non-hydrogen) atoms. The quantitative estimate of drug-likeness (QED) is 0.519. The molecule has 0 saturated carbocycles. The van der Waals surface area contributed by atoms with E-state index in [4.69, 9.17) is 4.74 Å². The molecule has 0 fully saturated rings. The second kappa shape index (κ2) is 9.20. The lowest BCUT2D eigenvalue weighted by atomic mass is 9.89. The summed E-state index contributed by atoms with van der Waals surface area (Å²) >= 11 is 3.54. The van der Waals surface area contributed by atoms with Crippen LogP contribution in [0, 0.1) is 17.2 Å². The molecule has 1 heterocycles. The van der Waals surface area contributed by atoms with Crippen molar-refractivity contribution in [3.8, 4) is 11.8 Å². The summed E-state index contributed by atoms with van der Waals surface area (Å²) < 4.78 is 5.97. The summed E-state index contributed by atoms with van der Waals surface area (Å²) in [4.78, 5) is 4.34. The lowest BCUT2D eigenvalue weighted by Crippen LogP contribution is -2.22. The normalized spacial score (nSPS) is 12.6. The van der Waals surface area contributed by atoms with E-state index in [-0.39, 0.29) is 12.0 Å². The highest BCUT2D eigenvalue weighted by atomic mass is 79.9. The average Bonchev–Trinajstić information content (AvgIpc) is 2.72.